The maximum atomic E-state index is 9.29. The average molecular weight is 407 g/mol. The predicted octanol–water partition coefficient (Wildman–Crippen LogP) is -3.05. The Morgan fingerprint density at radius 1 is 0.692 bits per heavy atom. The molecule has 0 saturated carbocycles. The predicted molar refractivity (Wildman–Crippen MR) is 43.3 cm³/mol. The summed E-state index contributed by atoms with van der Waals surface area (Å²) in [5, 5.41) is 0. The molecule has 0 fully saturated rings. The van der Waals surface area contributed by atoms with Crippen LogP contribution in [0, 0.1) is 0 Å². The Kier molecular flexibility index (Phi) is 31.5. The van der Waals surface area contributed by atoms with Gasteiger partial charge in [-0.15, -0.1) is 0 Å². The van der Waals surface area contributed by atoms with E-state index in [1.165, 1.54) is 0 Å². The van der Waals surface area contributed by atoms with Crippen LogP contribution in [0.1, 0.15) is 0 Å². The zero-order valence-corrected chi connectivity index (χ0v) is 14.7. The molecule has 0 aromatic carbocycles. The molecule has 13 heteroatoms. The molecule has 0 aromatic rings. The van der Waals surface area contributed by atoms with E-state index in [4.69, 9.17) is 0 Å². The molecule has 0 N–H and O–H groups in total. The van der Waals surface area contributed by atoms with E-state index in [0.717, 1.165) is 0 Å². The molecule has 4 nitrogen and oxygen atoms in total. The van der Waals surface area contributed by atoms with Crippen molar-refractivity contribution in [2.45, 2.75) is 0 Å². The minimum absolute atomic E-state index is 0. The van der Waals surface area contributed by atoms with Gasteiger partial charge in [0.1, 0.15) is 0 Å². The zero-order valence-electron chi connectivity index (χ0n) is 5.50. The molecule has 0 bridgehead atoms. The van der Waals surface area contributed by atoms with Gasteiger partial charge in [0.2, 0.25) is 0 Å². The van der Waals surface area contributed by atoms with Crippen LogP contribution >= 0.6 is 11.4 Å². The summed E-state index contributed by atoms with van der Waals surface area (Å²) in [6.45, 7) is 0. The summed E-state index contributed by atoms with van der Waals surface area (Å²) < 4.78 is 0. The minimum Gasteiger partial charge on any atom is -0.850 e. The van der Waals surface area contributed by atoms with Crippen LogP contribution in [-0.4, -0.2) is 0 Å². The fourth-order valence-corrected chi connectivity index (χ4v) is 0. The molecule has 0 spiro atoms. The Labute approximate surface area is 133 Å². The normalized spacial score (nSPS) is 9.08. The van der Waals surface area contributed by atoms with Gasteiger partial charge in [-0.25, -0.2) is 0 Å². The van der Waals surface area contributed by atoms with Crippen molar-refractivity contribution < 1.29 is 75.2 Å². The van der Waals surface area contributed by atoms with Crippen molar-refractivity contribution in [1.82, 2.24) is 0 Å². The first-order valence-corrected chi connectivity index (χ1v) is 8.76. The van der Waals surface area contributed by atoms with E-state index in [1.54, 1.807) is 0 Å². The van der Waals surface area contributed by atoms with Gasteiger partial charge in [-0.1, -0.05) is 0 Å². The van der Waals surface area contributed by atoms with Gasteiger partial charge in [0, 0.05) is 0 Å². The molecule has 0 aliphatic heterocycles. The van der Waals surface area contributed by atoms with E-state index >= 15 is 0 Å². The van der Waals surface area contributed by atoms with E-state index in [-0.39, 0.29) is 55.7 Å². The second-order valence-electron chi connectivity index (χ2n) is 0.894. The molecule has 0 aromatic heterocycles. The summed E-state index contributed by atoms with van der Waals surface area (Å²) in [4.78, 5) is 37.2. The molecule has 0 saturated heterocycles. The number of hydrogen-bond acceptors (Lipinski definition) is 8. The van der Waals surface area contributed by atoms with E-state index in [9.17, 15) is 19.6 Å². The van der Waals surface area contributed by atoms with E-state index < -0.39 is 11.4 Å². The second-order valence-corrected chi connectivity index (χ2v) is 9.84. The van der Waals surface area contributed by atoms with E-state index in [0.29, 0.717) is 0 Å². The first-order valence-electron chi connectivity index (χ1n) is 1.46. The fraction of sp³-hybridized carbons (Fsp3) is 0. The Morgan fingerprint density at radius 2 is 0.692 bits per heavy atom. The summed E-state index contributed by atoms with van der Waals surface area (Å²) in [5.41, 5.74) is -7.44. The second kappa shape index (κ2) is 13.7. The fourth-order valence-electron chi connectivity index (χ4n) is 0. The maximum absolute atomic E-state index is 9.29. The van der Waals surface area contributed by atoms with Crippen LogP contribution in [0.15, 0.2) is 0 Å². The Bertz CT molecular complexity index is 138. The van der Waals surface area contributed by atoms with Crippen molar-refractivity contribution in [2.24, 2.45) is 0 Å². The Balaban J connectivity index is -0.0000000267. The van der Waals surface area contributed by atoms with Gasteiger partial charge in [-0.2, -0.15) is 23.6 Å². The average Bonchev–Trinajstić information content (AvgIpc) is 1.12. The molecule has 0 rings (SSSR count). The third-order valence-electron chi connectivity index (χ3n) is 0. The van der Waals surface area contributed by atoms with Crippen molar-refractivity contribution in [3.8, 4) is 0 Å². The van der Waals surface area contributed by atoms with Gasteiger partial charge >= 0.3 is 55.7 Å². The first-order chi connectivity index (χ1) is 4.00. The standard InChI is InChI=1S/2H3O2PS2.3V/c2*1-3(2,4)5;;;/h2*(H3,1,2,4,5);;;/q;;3*+2/p-6. The van der Waals surface area contributed by atoms with Crippen molar-refractivity contribution in [1.29, 1.82) is 0 Å². The summed E-state index contributed by atoms with van der Waals surface area (Å²) >= 11 is 14.6. The molecule has 13 heavy (non-hydrogen) atoms. The van der Waals surface area contributed by atoms with Gasteiger partial charge < -0.3 is 55.5 Å². The first kappa shape index (κ1) is 30.0. The molecular weight excluding hydrogens is 407 g/mol. The molecule has 73 valence electrons. The van der Waals surface area contributed by atoms with Crippen LogP contribution < -0.4 is 19.6 Å². The molecule has 0 amide bonds. The number of hydrogen-bond donors (Lipinski definition) is 0. The SMILES string of the molecule is [O-]P([O-])(=S)[S-].[O-]P([O-])(=S)[S-].[V+2].[V+2].[V+2]. The van der Waals surface area contributed by atoms with Crippen molar-refractivity contribution in [3.63, 3.8) is 0 Å². The van der Waals surface area contributed by atoms with Gasteiger partial charge in [0.05, 0.1) is 0 Å². The minimum atomic E-state index is -3.72. The quantitative estimate of drug-likeness (QED) is 0.309. The summed E-state index contributed by atoms with van der Waals surface area (Å²) in [6, 6.07) is 0. The van der Waals surface area contributed by atoms with Crippen LogP contribution in [0.2, 0.25) is 0 Å². The summed E-state index contributed by atoms with van der Waals surface area (Å²) in [7, 11) is 0. The summed E-state index contributed by atoms with van der Waals surface area (Å²) in [6.07, 6.45) is 0. The molecule has 0 unspecified atom stereocenters. The molecular formula is O4P2S4V3. The van der Waals surface area contributed by atoms with Crippen LogP contribution in [-0.2, 0) is 104 Å². The molecule has 0 heterocycles. The van der Waals surface area contributed by atoms with Crippen molar-refractivity contribution in [2.75, 3.05) is 0 Å². The summed E-state index contributed by atoms with van der Waals surface area (Å²) in [5.74, 6) is 0. The van der Waals surface area contributed by atoms with Crippen LogP contribution in [0.3, 0.4) is 0 Å². The third kappa shape index (κ3) is 223. The molecule has 0 atom stereocenters. The van der Waals surface area contributed by atoms with Gasteiger partial charge in [0.15, 0.2) is 0 Å². The van der Waals surface area contributed by atoms with Gasteiger partial charge in [0.25, 0.3) is 0 Å². The smallest absolute Gasteiger partial charge is 0.850 e. The Hall–Kier alpha value is 3.59. The zero-order chi connectivity index (χ0) is 9.00. The van der Waals surface area contributed by atoms with E-state index in [1.807, 2.05) is 0 Å². The monoisotopic (exact) mass is 407 g/mol. The van der Waals surface area contributed by atoms with Crippen molar-refractivity contribution >= 4 is 59.5 Å². The van der Waals surface area contributed by atoms with Crippen LogP contribution in [0.5, 0.6) is 0 Å². The van der Waals surface area contributed by atoms with Crippen LogP contribution in [0.25, 0.3) is 0 Å². The topological polar surface area (TPSA) is 92.2 Å². The van der Waals surface area contributed by atoms with Gasteiger partial charge in [-0.05, 0) is 0 Å². The number of rotatable bonds is 0. The van der Waals surface area contributed by atoms with Gasteiger partial charge in [-0.3, -0.25) is 0 Å². The molecule has 3 radical (unpaired) electrons. The molecule has 0 aliphatic rings. The third-order valence-corrected chi connectivity index (χ3v) is 0. The largest absolute Gasteiger partial charge is 2.00 e. The van der Waals surface area contributed by atoms with E-state index in [2.05, 4.69) is 48.1 Å². The molecule has 0 aliphatic carbocycles. The van der Waals surface area contributed by atoms with Crippen LogP contribution in [0.4, 0.5) is 0 Å². The van der Waals surface area contributed by atoms with Crippen molar-refractivity contribution in [3.05, 3.63) is 0 Å². The Morgan fingerprint density at radius 3 is 0.692 bits per heavy atom. The maximum Gasteiger partial charge on any atom is 2.00 e.